The molecule has 1 heterocycles. The lowest BCUT2D eigenvalue weighted by Crippen LogP contribution is -2.39. The van der Waals surface area contributed by atoms with Gasteiger partial charge in [-0.25, -0.2) is 0 Å². The Kier molecular flexibility index (Phi) is 3.79. The van der Waals surface area contributed by atoms with Gasteiger partial charge in [0, 0.05) is 12.5 Å². The number of nitrogens with one attached hydrogen (secondary N) is 1. The first kappa shape index (κ1) is 12.1. The third-order valence-electron chi connectivity index (χ3n) is 3.46. The van der Waals surface area contributed by atoms with E-state index in [1.54, 1.807) is 0 Å². The highest BCUT2D eigenvalue weighted by molar-refractivity contribution is 5.73. The summed E-state index contributed by atoms with van der Waals surface area (Å²) in [7, 11) is 1.47. The first-order valence-electron chi connectivity index (χ1n) is 6.07. The van der Waals surface area contributed by atoms with Crippen LogP contribution in [0.1, 0.15) is 23.5 Å². The molecule has 17 heavy (non-hydrogen) atoms. The van der Waals surface area contributed by atoms with Crippen LogP contribution < -0.4 is 5.32 Å². The molecule has 1 N–H and O–H groups in total. The molecule has 0 aliphatic carbocycles. The highest BCUT2D eigenvalue weighted by Gasteiger charge is 2.32. The lowest BCUT2D eigenvalue weighted by Gasteiger charge is -2.30. The summed E-state index contributed by atoms with van der Waals surface area (Å²) in [5.74, 6) is 0.136. The first-order chi connectivity index (χ1) is 8.22. The topological polar surface area (TPSA) is 38.3 Å². The SMILES string of the molecule is COC(=O)[C@@H]1CCNC[C@H]1c1cccc(C)c1. The van der Waals surface area contributed by atoms with Crippen LogP contribution >= 0.6 is 0 Å². The predicted octanol–water partition coefficient (Wildman–Crippen LogP) is 1.86. The molecular formula is C14H19NO2. The maximum absolute atomic E-state index is 11.8. The fraction of sp³-hybridized carbons (Fsp3) is 0.500. The van der Waals surface area contributed by atoms with Gasteiger partial charge in [-0.1, -0.05) is 29.8 Å². The zero-order chi connectivity index (χ0) is 12.3. The number of benzene rings is 1. The zero-order valence-corrected chi connectivity index (χ0v) is 10.4. The molecule has 2 rings (SSSR count). The minimum atomic E-state index is -0.0852. The van der Waals surface area contributed by atoms with Gasteiger partial charge in [0.2, 0.25) is 0 Å². The lowest BCUT2D eigenvalue weighted by molar-refractivity contribution is -0.147. The predicted molar refractivity (Wildman–Crippen MR) is 66.9 cm³/mol. The van der Waals surface area contributed by atoms with Crippen LogP contribution in [0.3, 0.4) is 0 Å². The molecule has 0 aromatic heterocycles. The summed E-state index contributed by atoms with van der Waals surface area (Å²) in [5, 5.41) is 3.35. The number of carbonyl (C=O) groups is 1. The largest absolute Gasteiger partial charge is 0.469 e. The van der Waals surface area contributed by atoms with Gasteiger partial charge in [-0.3, -0.25) is 4.79 Å². The van der Waals surface area contributed by atoms with E-state index in [0.717, 1.165) is 19.5 Å². The molecule has 0 spiro atoms. The van der Waals surface area contributed by atoms with Crippen molar-refractivity contribution in [3.8, 4) is 0 Å². The van der Waals surface area contributed by atoms with E-state index in [1.165, 1.54) is 18.2 Å². The molecule has 0 amide bonds. The van der Waals surface area contributed by atoms with Crippen molar-refractivity contribution in [1.82, 2.24) is 5.32 Å². The number of aryl methyl sites for hydroxylation is 1. The number of hydrogen-bond donors (Lipinski definition) is 1. The average molecular weight is 233 g/mol. The Hall–Kier alpha value is -1.35. The standard InChI is InChI=1S/C14H19NO2/c1-10-4-3-5-11(8-10)13-9-15-7-6-12(13)14(16)17-2/h3-5,8,12-13,15H,6-7,9H2,1-2H3/t12-,13+/m1/s1. The van der Waals surface area contributed by atoms with Gasteiger partial charge in [0.25, 0.3) is 0 Å². The van der Waals surface area contributed by atoms with Crippen LogP contribution in [-0.4, -0.2) is 26.2 Å². The minimum Gasteiger partial charge on any atom is -0.469 e. The molecule has 92 valence electrons. The summed E-state index contributed by atoms with van der Waals surface area (Å²) in [6.45, 7) is 3.82. The maximum Gasteiger partial charge on any atom is 0.309 e. The van der Waals surface area contributed by atoms with Crippen molar-refractivity contribution in [2.45, 2.75) is 19.3 Å². The number of rotatable bonds is 2. The van der Waals surface area contributed by atoms with Crippen LogP contribution in [0.2, 0.25) is 0 Å². The molecule has 3 nitrogen and oxygen atoms in total. The number of hydrogen-bond acceptors (Lipinski definition) is 3. The van der Waals surface area contributed by atoms with Gasteiger partial charge in [0.05, 0.1) is 13.0 Å². The van der Waals surface area contributed by atoms with Crippen molar-refractivity contribution in [3.05, 3.63) is 35.4 Å². The number of esters is 1. The smallest absolute Gasteiger partial charge is 0.309 e. The third-order valence-corrected chi connectivity index (χ3v) is 3.46. The maximum atomic E-state index is 11.8. The molecule has 0 saturated carbocycles. The third kappa shape index (κ3) is 2.67. The van der Waals surface area contributed by atoms with Gasteiger partial charge in [-0.2, -0.15) is 0 Å². The van der Waals surface area contributed by atoms with Crippen LogP contribution in [-0.2, 0) is 9.53 Å². The highest BCUT2D eigenvalue weighted by atomic mass is 16.5. The van der Waals surface area contributed by atoms with Crippen LogP contribution in [0.15, 0.2) is 24.3 Å². The van der Waals surface area contributed by atoms with E-state index in [-0.39, 0.29) is 17.8 Å². The van der Waals surface area contributed by atoms with Crippen LogP contribution in [0.25, 0.3) is 0 Å². The summed E-state index contributed by atoms with van der Waals surface area (Å²) in [4.78, 5) is 11.8. The summed E-state index contributed by atoms with van der Waals surface area (Å²) in [5.41, 5.74) is 2.46. The molecule has 1 aliphatic rings. The molecule has 1 aliphatic heterocycles. The summed E-state index contributed by atoms with van der Waals surface area (Å²) < 4.78 is 4.90. The van der Waals surface area contributed by atoms with Crippen molar-refractivity contribution < 1.29 is 9.53 Å². The Balaban J connectivity index is 2.24. The fourth-order valence-electron chi connectivity index (χ4n) is 2.54. The van der Waals surface area contributed by atoms with E-state index in [9.17, 15) is 4.79 Å². The molecule has 0 radical (unpaired) electrons. The quantitative estimate of drug-likeness (QED) is 0.792. The molecule has 3 heteroatoms. The van der Waals surface area contributed by atoms with Gasteiger partial charge in [-0.15, -0.1) is 0 Å². The Labute approximate surface area is 102 Å². The van der Waals surface area contributed by atoms with Crippen molar-refractivity contribution in [2.24, 2.45) is 5.92 Å². The second-order valence-corrected chi connectivity index (χ2v) is 4.64. The Morgan fingerprint density at radius 1 is 1.47 bits per heavy atom. The monoisotopic (exact) mass is 233 g/mol. The van der Waals surface area contributed by atoms with Gasteiger partial charge in [-0.05, 0) is 25.5 Å². The molecule has 2 atom stereocenters. The van der Waals surface area contributed by atoms with Crippen molar-refractivity contribution in [1.29, 1.82) is 0 Å². The van der Waals surface area contributed by atoms with Gasteiger partial charge in [0.1, 0.15) is 0 Å². The second-order valence-electron chi connectivity index (χ2n) is 4.64. The van der Waals surface area contributed by atoms with Crippen molar-refractivity contribution >= 4 is 5.97 Å². The summed E-state index contributed by atoms with van der Waals surface area (Å²) in [6.07, 6.45) is 0.852. The Bertz CT molecular complexity index is 403. The van der Waals surface area contributed by atoms with E-state index >= 15 is 0 Å². The average Bonchev–Trinajstić information content (AvgIpc) is 2.38. The van der Waals surface area contributed by atoms with Crippen molar-refractivity contribution in [2.75, 3.05) is 20.2 Å². The van der Waals surface area contributed by atoms with E-state index < -0.39 is 0 Å². The van der Waals surface area contributed by atoms with Gasteiger partial charge in [0.15, 0.2) is 0 Å². The number of methoxy groups -OCH3 is 1. The fourth-order valence-corrected chi connectivity index (χ4v) is 2.54. The van der Waals surface area contributed by atoms with E-state index in [2.05, 4.69) is 30.4 Å². The second kappa shape index (κ2) is 5.32. The van der Waals surface area contributed by atoms with E-state index in [4.69, 9.17) is 4.74 Å². The molecule has 0 unspecified atom stereocenters. The first-order valence-corrected chi connectivity index (χ1v) is 6.07. The Morgan fingerprint density at radius 3 is 3.00 bits per heavy atom. The number of ether oxygens (including phenoxy) is 1. The lowest BCUT2D eigenvalue weighted by atomic mass is 9.81. The normalized spacial score (nSPS) is 24.4. The van der Waals surface area contributed by atoms with Gasteiger partial charge < -0.3 is 10.1 Å². The Morgan fingerprint density at radius 2 is 2.29 bits per heavy atom. The summed E-state index contributed by atoms with van der Waals surface area (Å²) >= 11 is 0. The molecule has 0 bridgehead atoms. The van der Waals surface area contributed by atoms with Crippen LogP contribution in [0, 0.1) is 12.8 Å². The molecular weight excluding hydrogens is 214 g/mol. The molecule has 1 aromatic carbocycles. The number of carbonyl (C=O) groups excluding carboxylic acids is 1. The van der Waals surface area contributed by atoms with Crippen molar-refractivity contribution in [3.63, 3.8) is 0 Å². The number of piperidine rings is 1. The van der Waals surface area contributed by atoms with Gasteiger partial charge >= 0.3 is 5.97 Å². The minimum absolute atomic E-state index is 0.0111. The van der Waals surface area contributed by atoms with Crippen LogP contribution in [0.5, 0.6) is 0 Å². The highest BCUT2D eigenvalue weighted by Crippen LogP contribution is 2.30. The van der Waals surface area contributed by atoms with E-state index in [1.807, 2.05) is 6.07 Å². The molecule has 1 fully saturated rings. The molecule has 1 aromatic rings. The summed E-state index contributed by atoms with van der Waals surface area (Å²) in [6, 6.07) is 8.38. The van der Waals surface area contributed by atoms with E-state index in [0.29, 0.717) is 0 Å². The molecule has 1 saturated heterocycles. The van der Waals surface area contributed by atoms with Crippen LogP contribution in [0.4, 0.5) is 0 Å². The zero-order valence-electron chi connectivity index (χ0n) is 10.4.